The van der Waals surface area contributed by atoms with E-state index in [4.69, 9.17) is 4.98 Å². The zero-order chi connectivity index (χ0) is 17.2. The van der Waals surface area contributed by atoms with Crippen LogP contribution in [0.2, 0.25) is 0 Å². The zero-order valence-corrected chi connectivity index (χ0v) is 15.3. The molecule has 0 aliphatic carbocycles. The molecule has 0 fully saturated rings. The lowest BCUT2D eigenvalue weighted by Gasteiger charge is -2.28. The Kier molecular flexibility index (Phi) is 4.62. The Morgan fingerprint density at radius 1 is 1.12 bits per heavy atom. The lowest BCUT2D eigenvalue weighted by molar-refractivity contribution is 0.242. The van der Waals surface area contributed by atoms with Crippen molar-refractivity contribution in [1.29, 1.82) is 0 Å². The van der Waals surface area contributed by atoms with Crippen LogP contribution in [-0.2, 0) is 19.5 Å². The van der Waals surface area contributed by atoms with Gasteiger partial charge in [-0.2, -0.15) is 0 Å². The van der Waals surface area contributed by atoms with Gasteiger partial charge in [0.1, 0.15) is 0 Å². The van der Waals surface area contributed by atoms with E-state index in [0.717, 1.165) is 50.6 Å². The van der Waals surface area contributed by atoms with E-state index in [1.165, 1.54) is 40.8 Å². The fourth-order valence-electron chi connectivity index (χ4n) is 3.74. The average molecular weight is 334 g/mol. The van der Waals surface area contributed by atoms with E-state index in [1.54, 1.807) is 0 Å². The number of aryl methyl sites for hydroxylation is 2. The van der Waals surface area contributed by atoms with Crippen LogP contribution in [0.3, 0.4) is 0 Å². The van der Waals surface area contributed by atoms with Gasteiger partial charge in [0.2, 0.25) is 0 Å². The molecule has 4 nitrogen and oxygen atoms in total. The monoisotopic (exact) mass is 334 g/mol. The Labute approximate surface area is 150 Å². The number of aliphatic imine (C=N–C) groups is 1. The summed E-state index contributed by atoms with van der Waals surface area (Å²) in [7, 11) is 0. The Bertz CT molecular complexity index is 810. The van der Waals surface area contributed by atoms with Crippen molar-refractivity contribution in [3.63, 3.8) is 0 Å². The first-order valence-electron chi connectivity index (χ1n) is 9.36. The summed E-state index contributed by atoms with van der Waals surface area (Å²) in [6, 6.07) is 6.72. The van der Waals surface area contributed by atoms with Crippen molar-refractivity contribution in [3.8, 4) is 0 Å². The van der Waals surface area contributed by atoms with Gasteiger partial charge >= 0.3 is 0 Å². The lowest BCUT2D eigenvalue weighted by Crippen LogP contribution is -2.31. The Hall–Kier alpha value is -2.07. The molecule has 0 radical (unpaired) electrons. The predicted octanol–water partition coefficient (Wildman–Crippen LogP) is 3.62. The molecular weight excluding hydrogens is 308 g/mol. The maximum Gasteiger partial charge on any atom is 0.173 e. The van der Waals surface area contributed by atoms with Gasteiger partial charge < -0.3 is 0 Å². The normalized spacial score (nSPS) is 17.9. The molecule has 0 atom stereocenters. The summed E-state index contributed by atoms with van der Waals surface area (Å²) in [6.45, 7) is 8.30. The van der Waals surface area contributed by atoms with Crippen LogP contribution in [0, 0.1) is 13.8 Å². The molecule has 0 N–H and O–H groups in total. The Morgan fingerprint density at radius 3 is 2.88 bits per heavy atom. The molecule has 2 aromatic rings. The molecule has 1 aromatic carbocycles. The molecule has 0 saturated carbocycles. The summed E-state index contributed by atoms with van der Waals surface area (Å²) >= 11 is 0. The summed E-state index contributed by atoms with van der Waals surface area (Å²) in [4.78, 5) is 16.6. The van der Waals surface area contributed by atoms with Gasteiger partial charge in [0, 0.05) is 44.4 Å². The minimum atomic E-state index is 0.862. The second-order valence-corrected chi connectivity index (χ2v) is 7.34. The minimum Gasteiger partial charge on any atom is -0.294 e. The first kappa shape index (κ1) is 16.4. The molecule has 4 heteroatoms. The smallest absolute Gasteiger partial charge is 0.173 e. The van der Waals surface area contributed by atoms with Crippen LogP contribution < -0.4 is 0 Å². The average Bonchev–Trinajstić information content (AvgIpc) is 2.65. The van der Waals surface area contributed by atoms with Crippen LogP contribution in [0.1, 0.15) is 53.0 Å². The van der Waals surface area contributed by atoms with Crippen LogP contribution in [0.25, 0.3) is 0 Å². The van der Waals surface area contributed by atoms with Crippen LogP contribution in [-0.4, -0.2) is 33.7 Å². The summed E-state index contributed by atoms with van der Waals surface area (Å²) in [6.07, 6.45) is 6.47. The van der Waals surface area contributed by atoms with Gasteiger partial charge in [-0.25, -0.2) is 9.97 Å². The van der Waals surface area contributed by atoms with Gasteiger partial charge in [-0.15, -0.1) is 0 Å². The third-order valence-electron chi connectivity index (χ3n) is 5.29. The van der Waals surface area contributed by atoms with Crippen LogP contribution in [0.4, 0.5) is 0 Å². The molecule has 25 heavy (non-hydrogen) atoms. The van der Waals surface area contributed by atoms with Gasteiger partial charge in [0.25, 0.3) is 0 Å². The van der Waals surface area contributed by atoms with Gasteiger partial charge in [-0.05, 0) is 44.2 Å². The number of nitrogens with zero attached hydrogens (tertiary/aromatic N) is 4. The topological polar surface area (TPSA) is 41.4 Å². The molecule has 2 aliphatic heterocycles. The standard InChI is InChI=1S/C21H26N4/c1-15-6-7-16(2)17(11-15)13-25-10-8-19-18(14-25)12-23-21(24-19)20-5-3-4-9-22-20/h6-7,11-12H,3-5,8-10,13-14H2,1-2H3. The van der Waals surface area contributed by atoms with Crippen LogP contribution in [0.5, 0.6) is 0 Å². The summed E-state index contributed by atoms with van der Waals surface area (Å²) in [5.74, 6) is 0.862. The molecule has 0 bridgehead atoms. The number of benzene rings is 1. The highest BCUT2D eigenvalue weighted by Gasteiger charge is 2.20. The highest BCUT2D eigenvalue weighted by atomic mass is 15.1. The minimum absolute atomic E-state index is 0.862. The van der Waals surface area contributed by atoms with E-state index in [-0.39, 0.29) is 0 Å². The quantitative estimate of drug-likeness (QED) is 0.861. The van der Waals surface area contributed by atoms with Crippen molar-refractivity contribution >= 4 is 5.71 Å². The van der Waals surface area contributed by atoms with Crippen molar-refractivity contribution in [2.45, 2.75) is 52.6 Å². The highest BCUT2D eigenvalue weighted by molar-refractivity contribution is 5.97. The third kappa shape index (κ3) is 3.64. The van der Waals surface area contributed by atoms with Crippen molar-refractivity contribution in [3.05, 3.63) is 58.2 Å². The predicted molar refractivity (Wildman–Crippen MR) is 101 cm³/mol. The fraction of sp³-hybridized carbons (Fsp3) is 0.476. The van der Waals surface area contributed by atoms with Crippen LogP contribution in [0.15, 0.2) is 29.4 Å². The SMILES string of the molecule is Cc1ccc(C)c(CN2CCc3nc(C4=NCCCC4)ncc3C2)c1. The second kappa shape index (κ2) is 7.04. The van der Waals surface area contributed by atoms with Gasteiger partial charge in [0.15, 0.2) is 5.82 Å². The number of rotatable bonds is 3. The van der Waals surface area contributed by atoms with Crippen molar-refractivity contribution in [2.75, 3.05) is 13.1 Å². The van der Waals surface area contributed by atoms with E-state index in [9.17, 15) is 0 Å². The molecule has 2 aliphatic rings. The molecule has 0 amide bonds. The van der Waals surface area contributed by atoms with Crippen LogP contribution >= 0.6 is 0 Å². The molecule has 130 valence electrons. The second-order valence-electron chi connectivity index (χ2n) is 7.34. The maximum atomic E-state index is 4.84. The van der Waals surface area contributed by atoms with Gasteiger partial charge in [-0.1, -0.05) is 23.8 Å². The molecule has 4 rings (SSSR count). The fourth-order valence-corrected chi connectivity index (χ4v) is 3.74. The number of hydrogen-bond acceptors (Lipinski definition) is 4. The first-order chi connectivity index (χ1) is 12.2. The van der Waals surface area contributed by atoms with Gasteiger partial charge in [0.05, 0.1) is 11.4 Å². The van der Waals surface area contributed by atoms with E-state index >= 15 is 0 Å². The van der Waals surface area contributed by atoms with Gasteiger partial charge in [-0.3, -0.25) is 9.89 Å². The third-order valence-corrected chi connectivity index (χ3v) is 5.29. The zero-order valence-electron chi connectivity index (χ0n) is 15.3. The molecular formula is C21H26N4. The largest absolute Gasteiger partial charge is 0.294 e. The summed E-state index contributed by atoms with van der Waals surface area (Å²) in [5, 5.41) is 0. The van der Waals surface area contributed by atoms with Crippen molar-refractivity contribution in [1.82, 2.24) is 14.9 Å². The van der Waals surface area contributed by atoms with E-state index in [1.807, 2.05) is 6.20 Å². The van der Waals surface area contributed by atoms with Crippen molar-refractivity contribution in [2.24, 2.45) is 4.99 Å². The maximum absolute atomic E-state index is 4.84. The first-order valence-corrected chi connectivity index (χ1v) is 9.36. The van der Waals surface area contributed by atoms with Crippen molar-refractivity contribution < 1.29 is 0 Å². The molecule has 0 saturated heterocycles. The highest BCUT2D eigenvalue weighted by Crippen LogP contribution is 2.21. The van der Waals surface area contributed by atoms with E-state index in [2.05, 4.69) is 46.9 Å². The summed E-state index contributed by atoms with van der Waals surface area (Å²) in [5.41, 5.74) is 7.73. The number of fused-ring (bicyclic) bond motifs is 1. The molecule has 0 spiro atoms. The number of aromatic nitrogens is 2. The van der Waals surface area contributed by atoms with E-state index in [0.29, 0.717) is 0 Å². The lowest BCUT2D eigenvalue weighted by atomic mass is 10.0. The molecule has 1 aromatic heterocycles. The molecule has 0 unspecified atom stereocenters. The van der Waals surface area contributed by atoms with E-state index < -0.39 is 0 Å². The Balaban J connectivity index is 1.50. The number of hydrogen-bond donors (Lipinski definition) is 0. The Morgan fingerprint density at radius 2 is 2.04 bits per heavy atom. The summed E-state index contributed by atoms with van der Waals surface area (Å²) < 4.78 is 0. The molecule has 3 heterocycles.